The van der Waals surface area contributed by atoms with Gasteiger partial charge in [0.05, 0.1) is 13.2 Å². The van der Waals surface area contributed by atoms with Crippen molar-refractivity contribution < 1.29 is 14.6 Å². The molecule has 16 heavy (non-hydrogen) atoms. The van der Waals surface area contributed by atoms with Crippen molar-refractivity contribution in [1.29, 1.82) is 0 Å². The molecule has 86 valence electrons. The van der Waals surface area contributed by atoms with E-state index in [4.69, 9.17) is 9.47 Å². The monoisotopic (exact) mass is 220 g/mol. The molecule has 1 atom stereocenters. The van der Waals surface area contributed by atoms with E-state index >= 15 is 0 Å². The van der Waals surface area contributed by atoms with E-state index in [0.717, 1.165) is 29.9 Å². The van der Waals surface area contributed by atoms with Crippen LogP contribution < -0.4 is 9.47 Å². The Hall–Kier alpha value is -1.22. The van der Waals surface area contributed by atoms with Crippen LogP contribution in [0.1, 0.15) is 37.4 Å². The zero-order valence-corrected chi connectivity index (χ0v) is 9.40. The lowest BCUT2D eigenvalue weighted by Gasteiger charge is -2.46. The van der Waals surface area contributed by atoms with E-state index in [0.29, 0.717) is 6.42 Å². The Morgan fingerprint density at radius 2 is 2.25 bits per heavy atom. The fourth-order valence-electron chi connectivity index (χ4n) is 2.62. The summed E-state index contributed by atoms with van der Waals surface area (Å²) in [5, 5.41) is 10.1. The van der Waals surface area contributed by atoms with Crippen LogP contribution in [0.5, 0.6) is 11.5 Å². The van der Waals surface area contributed by atoms with Gasteiger partial charge in [-0.25, -0.2) is 0 Å². The van der Waals surface area contributed by atoms with Gasteiger partial charge >= 0.3 is 0 Å². The van der Waals surface area contributed by atoms with E-state index in [9.17, 15) is 5.11 Å². The molecule has 0 bridgehead atoms. The summed E-state index contributed by atoms with van der Waals surface area (Å²) in [7, 11) is 1.63. The van der Waals surface area contributed by atoms with Gasteiger partial charge in [0.2, 0.25) is 0 Å². The Balaban J connectivity index is 1.97. The molecule has 1 aromatic rings. The van der Waals surface area contributed by atoms with Gasteiger partial charge < -0.3 is 14.6 Å². The lowest BCUT2D eigenvalue weighted by Crippen LogP contribution is -2.46. The SMILES string of the molecule is COc1ccc2c(c1)[C@@H](O)CC1(CCC1)O2. The second kappa shape index (κ2) is 3.39. The van der Waals surface area contributed by atoms with Crippen molar-refractivity contribution in [2.75, 3.05) is 7.11 Å². The lowest BCUT2D eigenvalue weighted by atomic mass is 9.73. The van der Waals surface area contributed by atoms with Gasteiger partial charge in [-0.1, -0.05) is 0 Å². The highest BCUT2D eigenvalue weighted by Crippen LogP contribution is 2.49. The van der Waals surface area contributed by atoms with E-state index in [1.54, 1.807) is 7.11 Å². The van der Waals surface area contributed by atoms with Gasteiger partial charge in [-0.2, -0.15) is 0 Å². The number of aliphatic hydroxyl groups excluding tert-OH is 1. The summed E-state index contributed by atoms with van der Waals surface area (Å²) in [6, 6.07) is 5.64. The van der Waals surface area contributed by atoms with Crippen molar-refractivity contribution in [2.24, 2.45) is 0 Å². The number of hydrogen-bond acceptors (Lipinski definition) is 3. The predicted octanol–water partition coefficient (Wildman–Crippen LogP) is 2.43. The maximum atomic E-state index is 10.1. The number of methoxy groups -OCH3 is 1. The topological polar surface area (TPSA) is 38.7 Å². The smallest absolute Gasteiger partial charge is 0.126 e. The van der Waals surface area contributed by atoms with E-state index in [2.05, 4.69) is 0 Å². The fraction of sp³-hybridized carbons (Fsp3) is 0.538. The molecule has 3 rings (SSSR count). The van der Waals surface area contributed by atoms with E-state index in [1.165, 1.54) is 6.42 Å². The van der Waals surface area contributed by atoms with Crippen LogP contribution in [0.4, 0.5) is 0 Å². The summed E-state index contributed by atoms with van der Waals surface area (Å²) in [4.78, 5) is 0. The number of ether oxygens (including phenoxy) is 2. The largest absolute Gasteiger partial charge is 0.497 e. The molecule has 3 nitrogen and oxygen atoms in total. The molecule has 1 saturated carbocycles. The molecule has 3 heteroatoms. The first-order valence-electron chi connectivity index (χ1n) is 5.77. The van der Waals surface area contributed by atoms with Crippen molar-refractivity contribution in [3.63, 3.8) is 0 Å². The number of hydrogen-bond donors (Lipinski definition) is 1. The highest BCUT2D eigenvalue weighted by molar-refractivity contribution is 5.44. The van der Waals surface area contributed by atoms with Crippen LogP contribution in [0, 0.1) is 0 Å². The van der Waals surface area contributed by atoms with Crippen LogP contribution in [-0.2, 0) is 0 Å². The van der Waals surface area contributed by atoms with Crippen LogP contribution in [0.2, 0.25) is 0 Å². The van der Waals surface area contributed by atoms with E-state index in [1.807, 2.05) is 18.2 Å². The molecular formula is C13H16O3. The maximum absolute atomic E-state index is 10.1. The Morgan fingerprint density at radius 1 is 1.44 bits per heavy atom. The van der Waals surface area contributed by atoms with Crippen LogP contribution in [0.25, 0.3) is 0 Å². The maximum Gasteiger partial charge on any atom is 0.126 e. The zero-order valence-electron chi connectivity index (χ0n) is 9.40. The molecule has 1 aliphatic heterocycles. The highest BCUT2D eigenvalue weighted by Gasteiger charge is 2.45. The first kappa shape index (κ1) is 9.97. The van der Waals surface area contributed by atoms with Crippen molar-refractivity contribution in [3.05, 3.63) is 23.8 Å². The van der Waals surface area contributed by atoms with Crippen molar-refractivity contribution >= 4 is 0 Å². The number of aliphatic hydroxyl groups is 1. The summed E-state index contributed by atoms with van der Waals surface area (Å²) in [5.41, 5.74) is 0.776. The van der Waals surface area contributed by atoms with Gasteiger partial charge in [0.1, 0.15) is 17.1 Å². The molecule has 0 saturated heterocycles. The van der Waals surface area contributed by atoms with Crippen LogP contribution in [0.3, 0.4) is 0 Å². The van der Waals surface area contributed by atoms with Crippen LogP contribution in [-0.4, -0.2) is 17.8 Å². The van der Waals surface area contributed by atoms with Gasteiger partial charge in [-0.05, 0) is 37.5 Å². The second-order valence-electron chi connectivity index (χ2n) is 4.76. The number of fused-ring (bicyclic) bond motifs is 1. The van der Waals surface area contributed by atoms with Crippen LogP contribution >= 0.6 is 0 Å². The quantitative estimate of drug-likeness (QED) is 0.790. The molecule has 1 aromatic carbocycles. The van der Waals surface area contributed by atoms with Gasteiger partial charge in [0.25, 0.3) is 0 Å². The molecule has 0 unspecified atom stereocenters. The lowest BCUT2D eigenvalue weighted by molar-refractivity contribution is -0.0664. The normalized spacial score (nSPS) is 25.5. The minimum atomic E-state index is -0.417. The highest BCUT2D eigenvalue weighted by atomic mass is 16.5. The predicted molar refractivity (Wildman–Crippen MR) is 59.8 cm³/mol. The Labute approximate surface area is 95.0 Å². The summed E-state index contributed by atoms with van der Waals surface area (Å²) in [5.74, 6) is 1.59. The molecule has 1 heterocycles. The number of benzene rings is 1. The van der Waals surface area contributed by atoms with Gasteiger partial charge in [0.15, 0.2) is 0 Å². The summed E-state index contributed by atoms with van der Waals surface area (Å²) in [6.07, 6.45) is 3.63. The number of rotatable bonds is 1. The minimum absolute atomic E-state index is 0.0823. The van der Waals surface area contributed by atoms with Crippen molar-refractivity contribution in [2.45, 2.75) is 37.4 Å². The average molecular weight is 220 g/mol. The molecule has 0 radical (unpaired) electrons. The molecule has 2 aliphatic rings. The first-order valence-corrected chi connectivity index (χ1v) is 5.77. The molecule has 1 spiro atoms. The molecule has 0 amide bonds. The van der Waals surface area contributed by atoms with Gasteiger partial charge in [0, 0.05) is 12.0 Å². The summed E-state index contributed by atoms with van der Waals surface area (Å²) >= 11 is 0. The molecule has 1 fully saturated rings. The van der Waals surface area contributed by atoms with E-state index in [-0.39, 0.29) is 5.60 Å². The van der Waals surface area contributed by atoms with Crippen LogP contribution in [0.15, 0.2) is 18.2 Å². The first-order chi connectivity index (χ1) is 7.72. The standard InChI is InChI=1S/C13H16O3/c1-15-9-3-4-12-10(7-9)11(14)8-13(16-12)5-2-6-13/h3-4,7,11,14H,2,5-6,8H2,1H3/t11-/m0/s1. The molecule has 1 aliphatic carbocycles. The molecule has 0 aromatic heterocycles. The van der Waals surface area contributed by atoms with Gasteiger partial charge in [-0.15, -0.1) is 0 Å². The zero-order chi connectivity index (χ0) is 11.2. The second-order valence-corrected chi connectivity index (χ2v) is 4.76. The minimum Gasteiger partial charge on any atom is -0.497 e. The average Bonchev–Trinajstić information content (AvgIpc) is 2.26. The van der Waals surface area contributed by atoms with Crippen molar-refractivity contribution in [3.8, 4) is 11.5 Å². The summed E-state index contributed by atoms with van der Waals surface area (Å²) in [6.45, 7) is 0. The van der Waals surface area contributed by atoms with Crippen molar-refractivity contribution in [1.82, 2.24) is 0 Å². The third kappa shape index (κ3) is 1.39. The molecule has 1 N–H and O–H groups in total. The summed E-state index contributed by atoms with van der Waals surface area (Å²) < 4.78 is 11.2. The molecular weight excluding hydrogens is 204 g/mol. The van der Waals surface area contributed by atoms with E-state index < -0.39 is 6.10 Å². The fourth-order valence-corrected chi connectivity index (χ4v) is 2.62. The third-order valence-electron chi connectivity index (χ3n) is 3.73. The Kier molecular flexibility index (Phi) is 2.11. The van der Waals surface area contributed by atoms with Gasteiger partial charge in [-0.3, -0.25) is 0 Å². The Morgan fingerprint density at radius 3 is 2.88 bits per heavy atom. The Bertz CT molecular complexity index is 410. The third-order valence-corrected chi connectivity index (χ3v) is 3.73.